The second-order valence-electron chi connectivity index (χ2n) is 8.59. The van der Waals surface area contributed by atoms with Gasteiger partial charge in [-0.05, 0) is 72.4 Å². The quantitative estimate of drug-likeness (QED) is 0.231. The predicted octanol–water partition coefficient (Wildman–Crippen LogP) is 9.00. The first kappa shape index (κ1) is 26.7. The Morgan fingerprint density at radius 2 is 1.21 bits per heavy atom. The maximum Gasteiger partial charge on any atom is 0.161 e. The topological polar surface area (TPSA) is 23.8 Å². The number of hydrogen-bond acceptors (Lipinski definition) is 1. The SMILES string of the molecule is CC(F)=C(F)c1ccc(-c2ccc(-c3ccc(CCc4cc(F)c(C#N)c(F)c4)c(F)c3)c(F)c2)c(F)c1. The van der Waals surface area contributed by atoms with Crippen LogP contribution in [0.5, 0.6) is 0 Å². The van der Waals surface area contributed by atoms with Crippen molar-refractivity contribution >= 4 is 5.83 Å². The molecule has 0 heterocycles. The smallest absolute Gasteiger partial charge is 0.161 e. The fourth-order valence-corrected chi connectivity index (χ4v) is 4.07. The lowest BCUT2D eigenvalue weighted by Gasteiger charge is -2.11. The van der Waals surface area contributed by atoms with Crippen LogP contribution in [0, 0.1) is 40.4 Å². The van der Waals surface area contributed by atoms with Gasteiger partial charge in [0.15, 0.2) is 5.83 Å². The van der Waals surface area contributed by atoms with Crippen LogP contribution in [-0.4, -0.2) is 0 Å². The van der Waals surface area contributed by atoms with Crippen LogP contribution in [0.3, 0.4) is 0 Å². The van der Waals surface area contributed by atoms with Crippen molar-refractivity contribution in [3.8, 4) is 28.3 Å². The van der Waals surface area contributed by atoms with Gasteiger partial charge in [-0.2, -0.15) is 5.26 Å². The summed E-state index contributed by atoms with van der Waals surface area (Å²) < 4.78 is 98.7. The summed E-state index contributed by atoms with van der Waals surface area (Å²) in [6, 6.07) is 14.6. The van der Waals surface area contributed by atoms with Gasteiger partial charge in [-0.25, -0.2) is 30.7 Å². The molecule has 38 heavy (non-hydrogen) atoms. The van der Waals surface area contributed by atoms with E-state index in [1.165, 1.54) is 42.5 Å². The number of nitrogens with zero attached hydrogens (tertiary/aromatic N) is 1. The van der Waals surface area contributed by atoms with Gasteiger partial charge >= 0.3 is 0 Å². The standard InChI is InChI=1S/C30H18F7N/c1-16(31)30(37)21-7-9-23(29(36)14-21)20-6-8-22(28(35)13-20)19-5-4-18(25(32)12-19)3-2-17-10-26(33)24(15-38)27(34)11-17/h4-14H,2-3H2,1H3. The molecule has 0 aliphatic rings. The molecule has 0 fully saturated rings. The molecule has 4 rings (SSSR count). The first-order valence-electron chi connectivity index (χ1n) is 11.4. The molecule has 8 heteroatoms. The molecule has 0 aliphatic heterocycles. The number of rotatable bonds is 6. The molecule has 0 aromatic heterocycles. The molecular formula is C30H18F7N. The van der Waals surface area contributed by atoms with E-state index < -0.39 is 46.3 Å². The molecule has 0 saturated carbocycles. The second-order valence-corrected chi connectivity index (χ2v) is 8.59. The van der Waals surface area contributed by atoms with Crippen molar-refractivity contribution in [1.29, 1.82) is 5.26 Å². The number of nitriles is 1. The second kappa shape index (κ2) is 10.9. The largest absolute Gasteiger partial charge is 0.209 e. The van der Waals surface area contributed by atoms with Gasteiger partial charge in [0.2, 0.25) is 0 Å². The third-order valence-electron chi connectivity index (χ3n) is 6.07. The Kier molecular flexibility index (Phi) is 7.67. The fraction of sp³-hybridized carbons (Fsp3) is 0.100. The maximum absolute atomic E-state index is 14.9. The molecule has 4 aromatic rings. The van der Waals surface area contributed by atoms with E-state index in [4.69, 9.17) is 5.26 Å². The van der Waals surface area contributed by atoms with Crippen LogP contribution in [0.2, 0.25) is 0 Å². The van der Waals surface area contributed by atoms with Crippen molar-refractivity contribution in [3.05, 3.63) is 124 Å². The minimum atomic E-state index is -1.20. The molecule has 4 aromatic carbocycles. The monoisotopic (exact) mass is 525 g/mol. The van der Waals surface area contributed by atoms with Gasteiger partial charge < -0.3 is 0 Å². The van der Waals surface area contributed by atoms with Gasteiger partial charge in [0.05, 0.1) is 0 Å². The normalized spacial score (nSPS) is 11.8. The van der Waals surface area contributed by atoms with Crippen LogP contribution in [0.4, 0.5) is 30.7 Å². The van der Waals surface area contributed by atoms with Crippen LogP contribution in [0.15, 0.2) is 72.6 Å². The minimum Gasteiger partial charge on any atom is -0.209 e. The van der Waals surface area contributed by atoms with Crippen LogP contribution in [0.1, 0.15) is 29.2 Å². The number of benzene rings is 4. The van der Waals surface area contributed by atoms with E-state index in [-0.39, 0.29) is 51.8 Å². The van der Waals surface area contributed by atoms with Crippen LogP contribution in [0.25, 0.3) is 28.1 Å². The van der Waals surface area contributed by atoms with Gasteiger partial charge in [-0.15, -0.1) is 0 Å². The van der Waals surface area contributed by atoms with Crippen molar-refractivity contribution in [2.75, 3.05) is 0 Å². The molecule has 0 aliphatic carbocycles. The number of halogens is 7. The van der Waals surface area contributed by atoms with E-state index in [9.17, 15) is 30.7 Å². The Labute approximate surface area is 214 Å². The van der Waals surface area contributed by atoms with E-state index in [0.29, 0.717) is 0 Å². The third-order valence-corrected chi connectivity index (χ3v) is 6.07. The van der Waals surface area contributed by atoms with Gasteiger partial charge in [0, 0.05) is 16.7 Å². The molecular weight excluding hydrogens is 507 g/mol. The highest BCUT2D eigenvalue weighted by Gasteiger charge is 2.15. The highest BCUT2D eigenvalue weighted by Crippen LogP contribution is 2.32. The van der Waals surface area contributed by atoms with Crippen LogP contribution < -0.4 is 0 Å². The molecule has 0 saturated heterocycles. The molecule has 0 N–H and O–H groups in total. The third kappa shape index (κ3) is 5.47. The summed E-state index contributed by atoms with van der Waals surface area (Å²) in [5.41, 5.74) is -0.0905. The average molecular weight is 525 g/mol. The van der Waals surface area contributed by atoms with Crippen molar-refractivity contribution < 1.29 is 30.7 Å². The first-order valence-corrected chi connectivity index (χ1v) is 11.4. The molecule has 0 bridgehead atoms. The molecule has 0 unspecified atom stereocenters. The van der Waals surface area contributed by atoms with Crippen molar-refractivity contribution in [3.63, 3.8) is 0 Å². The van der Waals surface area contributed by atoms with Gasteiger partial charge in [-0.3, -0.25) is 0 Å². The summed E-state index contributed by atoms with van der Waals surface area (Å²) in [6.45, 7) is 0.905. The Morgan fingerprint density at radius 1 is 0.658 bits per heavy atom. The molecule has 1 nitrogen and oxygen atoms in total. The summed E-state index contributed by atoms with van der Waals surface area (Å²) >= 11 is 0. The summed E-state index contributed by atoms with van der Waals surface area (Å²) in [6.07, 6.45) is 0.207. The zero-order chi connectivity index (χ0) is 27.6. The zero-order valence-corrected chi connectivity index (χ0v) is 19.9. The van der Waals surface area contributed by atoms with E-state index in [2.05, 4.69) is 0 Å². The molecule has 0 amide bonds. The van der Waals surface area contributed by atoms with E-state index in [0.717, 1.165) is 37.3 Å². The maximum atomic E-state index is 14.9. The van der Waals surface area contributed by atoms with Crippen LogP contribution in [-0.2, 0) is 12.8 Å². The summed E-state index contributed by atoms with van der Waals surface area (Å²) in [5, 5.41) is 8.76. The first-order chi connectivity index (χ1) is 18.1. The van der Waals surface area contributed by atoms with E-state index >= 15 is 0 Å². The summed E-state index contributed by atoms with van der Waals surface area (Å²) in [4.78, 5) is 0. The lowest BCUT2D eigenvalue weighted by atomic mass is 9.96. The number of aryl methyl sites for hydroxylation is 2. The lowest BCUT2D eigenvalue weighted by Crippen LogP contribution is -1.99. The lowest BCUT2D eigenvalue weighted by molar-refractivity contribution is 0.572. The van der Waals surface area contributed by atoms with Gasteiger partial charge in [0.1, 0.15) is 46.5 Å². The average Bonchev–Trinajstić information content (AvgIpc) is 2.87. The Hall–Kier alpha value is -4.38. The zero-order valence-electron chi connectivity index (χ0n) is 19.9. The summed E-state index contributed by atoms with van der Waals surface area (Å²) in [5.74, 6) is -6.56. The number of hydrogen-bond donors (Lipinski definition) is 0. The highest BCUT2D eigenvalue weighted by molar-refractivity contribution is 5.73. The molecule has 192 valence electrons. The summed E-state index contributed by atoms with van der Waals surface area (Å²) in [7, 11) is 0. The molecule has 0 spiro atoms. The minimum absolute atomic E-state index is 0.0271. The van der Waals surface area contributed by atoms with Crippen molar-refractivity contribution in [2.24, 2.45) is 0 Å². The fourth-order valence-electron chi connectivity index (χ4n) is 4.07. The van der Waals surface area contributed by atoms with Gasteiger partial charge in [0.25, 0.3) is 0 Å². The van der Waals surface area contributed by atoms with Crippen molar-refractivity contribution in [2.45, 2.75) is 19.8 Å². The van der Waals surface area contributed by atoms with Gasteiger partial charge in [-0.1, -0.05) is 36.4 Å². The Balaban J connectivity index is 1.54. The van der Waals surface area contributed by atoms with E-state index in [1.807, 2.05) is 0 Å². The molecule has 0 radical (unpaired) electrons. The molecule has 0 atom stereocenters. The van der Waals surface area contributed by atoms with Crippen molar-refractivity contribution in [1.82, 2.24) is 0 Å². The Morgan fingerprint density at radius 3 is 1.74 bits per heavy atom. The predicted molar refractivity (Wildman–Crippen MR) is 130 cm³/mol. The highest BCUT2D eigenvalue weighted by atomic mass is 19.2. The van der Waals surface area contributed by atoms with Crippen LogP contribution >= 0.6 is 0 Å². The van der Waals surface area contributed by atoms with E-state index in [1.54, 1.807) is 0 Å². The number of allylic oxidation sites excluding steroid dienone is 1. The Bertz CT molecular complexity index is 1590.